The van der Waals surface area contributed by atoms with Crippen molar-refractivity contribution >= 4 is 11.6 Å². The molecule has 1 heterocycles. The van der Waals surface area contributed by atoms with Crippen molar-refractivity contribution in [2.75, 3.05) is 12.0 Å². The molecule has 0 N–H and O–H groups in total. The van der Waals surface area contributed by atoms with Crippen LogP contribution in [0.5, 0.6) is 5.75 Å². The monoisotopic (exact) mass is 292 g/mol. The van der Waals surface area contributed by atoms with Gasteiger partial charge in [-0.15, -0.1) is 0 Å². The van der Waals surface area contributed by atoms with Crippen LogP contribution >= 0.6 is 0 Å². The summed E-state index contributed by atoms with van der Waals surface area (Å²) in [7, 11) is 1.60. The molecule has 22 heavy (non-hydrogen) atoms. The Morgan fingerprint density at radius 2 is 1.82 bits per heavy atom. The number of nitriles is 1. The van der Waals surface area contributed by atoms with Crippen LogP contribution in [0, 0.1) is 11.3 Å². The van der Waals surface area contributed by atoms with Crippen molar-refractivity contribution in [3.63, 3.8) is 0 Å². The summed E-state index contributed by atoms with van der Waals surface area (Å²) in [5.41, 5.74) is 0.609. The summed E-state index contributed by atoms with van der Waals surface area (Å²) in [6, 6.07) is 19.1. The van der Waals surface area contributed by atoms with Gasteiger partial charge in [0.1, 0.15) is 5.75 Å². The molecule has 2 aromatic carbocycles. The molecule has 3 rings (SSSR count). The topological polar surface area (TPSA) is 53.3 Å². The Kier molecular flexibility index (Phi) is 3.56. The Bertz CT molecular complexity index is 719. The molecular formula is C18H16N2O2. The van der Waals surface area contributed by atoms with Crippen LogP contribution in [0.25, 0.3) is 0 Å². The largest absolute Gasteiger partial charge is 0.497 e. The fourth-order valence-electron chi connectivity index (χ4n) is 2.98. The lowest BCUT2D eigenvalue weighted by molar-refractivity contribution is -0.117. The highest BCUT2D eigenvalue weighted by atomic mass is 16.5. The van der Waals surface area contributed by atoms with E-state index >= 15 is 0 Å². The molecule has 1 fully saturated rings. The fourth-order valence-corrected chi connectivity index (χ4v) is 2.98. The number of rotatable bonds is 3. The molecule has 0 aromatic heterocycles. The zero-order valence-corrected chi connectivity index (χ0v) is 12.3. The van der Waals surface area contributed by atoms with Gasteiger partial charge in [-0.1, -0.05) is 30.3 Å². The predicted molar refractivity (Wildman–Crippen MR) is 83.4 cm³/mol. The Morgan fingerprint density at radius 1 is 1.14 bits per heavy atom. The Hall–Kier alpha value is -2.80. The first kappa shape index (κ1) is 14.2. The number of ether oxygens (including phenoxy) is 1. The van der Waals surface area contributed by atoms with Gasteiger partial charge in [-0.3, -0.25) is 9.69 Å². The zero-order valence-electron chi connectivity index (χ0n) is 12.3. The second-order valence-electron chi connectivity index (χ2n) is 5.27. The normalized spacial score (nSPS) is 20.7. The van der Waals surface area contributed by atoms with Crippen LogP contribution in [0.2, 0.25) is 0 Å². The van der Waals surface area contributed by atoms with Crippen LogP contribution in [0.15, 0.2) is 54.6 Å². The van der Waals surface area contributed by atoms with Gasteiger partial charge >= 0.3 is 0 Å². The van der Waals surface area contributed by atoms with E-state index in [9.17, 15) is 10.1 Å². The molecule has 1 atom stereocenters. The zero-order chi connectivity index (χ0) is 15.6. The van der Waals surface area contributed by atoms with E-state index in [1.54, 1.807) is 12.0 Å². The Labute approximate surface area is 129 Å². The van der Waals surface area contributed by atoms with Gasteiger partial charge < -0.3 is 4.74 Å². The summed E-state index contributed by atoms with van der Waals surface area (Å²) in [5, 5.41) is 9.87. The van der Waals surface area contributed by atoms with Crippen LogP contribution in [-0.4, -0.2) is 13.0 Å². The Balaban J connectivity index is 2.10. The first-order chi connectivity index (χ1) is 10.7. The van der Waals surface area contributed by atoms with Crippen LogP contribution in [0.3, 0.4) is 0 Å². The molecule has 0 aliphatic carbocycles. The minimum atomic E-state index is -0.954. The van der Waals surface area contributed by atoms with E-state index in [-0.39, 0.29) is 5.91 Å². The average molecular weight is 292 g/mol. The van der Waals surface area contributed by atoms with Crippen molar-refractivity contribution in [1.82, 2.24) is 0 Å². The first-order valence-corrected chi connectivity index (χ1v) is 7.15. The standard InChI is InChI=1S/C18H16N2O2/c1-22-16-9-7-14(8-10-16)18(13-19)12-11-17(21)20(18)15-5-3-2-4-6-15/h2-10H,11-12H2,1H3/t18-/m0/s1. The van der Waals surface area contributed by atoms with Crippen LogP contribution in [0.1, 0.15) is 18.4 Å². The second-order valence-corrected chi connectivity index (χ2v) is 5.27. The van der Waals surface area contributed by atoms with Crippen LogP contribution in [-0.2, 0) is 10.3 Å². The third-order valence-corrected chi connectivity index (χ3v) is 4.10. The van der Waals surface area contributed by atoms with E-state index in [2.05, 4.69) is 6.07 Å². The van der Waals surface area contributed by atoms with Crippen molar-refractivity contribution in [2.24, 2.45) is 0 Å². The highest BCUT2D eigenvalue weighted by molar-refractivity contribution is 5.98. The molecule has 110 valence electrons. The maximum Gasteiger partial charge on any atom is 0.228 e. The summed E-state index contributed by atoms with van der Waals surface area (Å²) in [6.45, 7) is 0. The third kappa shape index (κ3) is 2.11. The van der Waals surface area contributed by atoms with Gasteiger partial charge in [0.05, 0.1) is 13.2 Å². The summed E-state index contributed by atoms with van der Waals surface area (Å²) >= 11 is 0. The smallest absolute Gasteiger partial charge is 0.228 e. The summed E-state index contributed by atoms with van der Waals surface area (Å²) in [5.74, 6) is 0.705. The number of carbonyl (C=O) groups excluding carboxylic acids is 1. The molecule has 4 nitrogen and oxygen atoms in total. The van der Waals surface area contributed by atoms with Gasteiger partial charge in [0.15, 0.2) is 5.54 Å². The SMILES string of the molecule is COc1ccc([C@@]2(C#N)CCC(=O)N2c2ccccc2)cc1. The minimum absolute atomic E-state index is 0.0245. The van der Waals surface area contributed by atoms with Crippen molar-refractivity contribution in [2.45, 2.75) is 18.4 Å². The minimum Gasteiger partial charge on any atom is -0.497 e. The Morgan fingerprint density at radius 3 is 2.41 bits per heavy atom. The molecule has 4 heteroatoms. The summed E-state index contributed by atoms with van der Waals surface area (Å²) < 4.78 is 5.17. The molecule has 1 aliphatic rings. The molecule has 0 saturated carbocycles. The van der Waals surface area contributed by atoms with Gasteiger partial charge in [0.2, 0.25) is 5.91 Å². The number of carbonyl (C=O) groups is 1. The van der Waals surface area contributed by atoms with Crippen LogP contribution in [0.4, 0.5) is 5.69 Å². The van der Waals surface area contributed by atoms with Crippen molar-refractivity contribution < 1.29 is 9.53 Å². The lowest BCUT2D eigenvalue weighted by atomic mass is 9.88. The second kappa shape index (κ2) is 5.53. The van der Waals surface area contributed by atoms with Gasteiger partial charge in [0.25, 0.3) is 0 Å². The van der Waals surface area contributed by atoms with E-state index in [1.807, 2.05) is 54.6 Å². The number of amides is 1. The third-order valence-electron chi connectivity index (χ3n) is 4.10. The number of methoxy groups -OCH3 is 1. The molecule has 0 radical (unpaired) electrons. The number of hydrogen-bond donors (Lipinski definition) is 0. The van der Waals surface area contributed by atoms with E-state index in [1.165, 1.54) is 0 Å². The lowest BCUT2D eigenvalue weighted by Crippen LogP contribution is -2.42. The number of benzene rings is 2. The van der Waals surface area contributed by atoms with E-state index in [0.717, 1.165) is 17.0 Å². The van der Waals surface area contributed by atoms with Crippen molar-refractivity contribution in [1.29, 1.82) is 5.26 Å². The number of hydrogen-bond acceptors (Lipinski definition) is 3. The van der Waals surface area contributed by atoms with Crippen molar-refractivity contribution in [3.8, 4) is 11.8 Å². The quantitative estimate of drug-likeness (QED) is 0.872. The van der Waals surface area contributed by atoms with Gasteiger partial charge in [0, 0.05) is 12.1 Å². The molecule has 0 bridgehead atoms. The lowest BCUT2D eigenvalue weighted by Gasteiger charge is -2.33. The van der Waals surface area contributed by atoms with Gasteiger partial charge in [-0.2, -0.15) is 5.26 Å². The van der Waals surface area contributed by atoms with Gasteiger partial charge in [-0.05, 0) is 36.2 Å². The average Bonchev–Trinajstić information content (AvgIpc) is 2.93. The molecular weight excluding hydrogens is 276 g/mol. The van der Waals surface area contributed by atoms with Gasteiger partial charge in [-0.25, -0.2) is 0 Å². The highest BCUT2D eigenvalue weighted by Crippen LogP contribution is 2.42. The van der Waals surface area contributed by atoms with E-state index in [0.29, 0.717) is 12.8 Å². The highest BCUT2D eigenvalue weighted by Gasteiger charge is 2.48. The number of anilines is 1. The van der Waals surface area contributed by atoms with E-state index in [4.69, 9.17) is 4.74 Å². The molecule has 1 amide bonds. The summed E-state index contributed by atoms with van der Waals surface area (Å²) in [6.07, 6.45) is 0.859. The molecule has 0 spiro atoms. The number of nitrogens with zero attached hydrogens (tertiary/aromatic N) is 2. The maximum atomic E-state index is 12.4. The maximum absolute atomic E-state index is 12.4. The molecule has 0 unspecified atom stereocenters. The first-order valence-electron chi connectivity index (χ1n) is 7.15. The van der Waals surface area contributed by atoms with E-state index < -0.39 is 5.54 Å². The number of para-hydroxylation sites is 1. The molecule has 1 saturated heterocycles. The summed E-state index contributed by atoms with van der Waals surface area (Å²) in [4.78, 5) is 14.0. The fraction of sp³-hybridized carbons (Fsp3) is 0.222. The van der Waals surface area contributed by atoms with Crippen molar-refractivity contribution in [3.05, 3.63) is 60.2 Å². The molecule has 1 aliphatic heterocycles. The molecule has 2 aromatic rings. The van der Waals surface area contributed by atoms with Crippen LogP contribution < -0.4 is 9.64 Å². The predicted octanol–water partition coefficient (Wildman–Crippen LogP) is 3.24.